The Morgan fingerprint density at radius 1 is 1.89 bits per heavy atom. The normalized spacial score (nSPS) is 6.67. The minimum atomic E-state index is 0.426. The third kappa shape index (κ3) is 4.28. The molecule has 5 nitrogen and oxygen atoms in total. The summed E-state index contributed by atoms with van der Waals surface area (Å²) in [6.07, 6.45) is 1.51. The number of hydrogen-bond donors (Lipinski definition) is 2. The molecule has 0 saturated heterocycles. The standard InChI is InChI=1S/C2H4N4.C2H3N/c3-2-1-4-6-5-2;1-2-3/h1H,(H3,3,4,5,6);1H3. The number of nitrogens with one attached hydrogen (secondary N) is 1. The lowest BCUT2D eigenvalue weighted by atomic mass is 10.8. The molecular formula is C4H7N5. The first-order valence-corrected chi connectivity index (χ1v) is 2.24. The number of H-pyrrole nitrogens is 1. The topological polar surface area (TPSA) is 91.4 Å². The van der Waals surface area contributed by atoms with Crippen molar-refractivity contribution in [3.63, 3.8) is 0 Å². The third-order valence-electron chi connectivity index (χ3n) is 0.436. The van der Waals surface area contributed by atoms with E-state index in [0.29, 0.717) is 5.82 Å². The van der Waals surface area contributed by atoms with Gasteiger partial charge in [-0.1, -0.05) is 5.21 Å². The van der Waals surface area contributed by atoms with Crippen molar-refractivity contribution in [2.45, 2.75) is 6.92 Å². The smallest absolute Gasteiger partial charge is 0.165 e. The summed E-state index contributed by atoms with van der Waals surface area (Å²) < 4.78 is 0. The molecule has 1 aromatic heterocycles. The van der Waals surface area contributed by atoms with E-state index in [0.717, 1.165) is 0 Å². The zero-order valence-electron chi connectivity index (χ0n) is 5.00. The Hall–Kier alpha value is -1.57. The summed E-state index contributed by atoms with van der Waals surface area (Å²) in [5, 5.41) is 16.5. The van der Waals surface area contributed by atoms with E-state index in [-0.39, 0.29) is 0 Å². The molecule has 5 heteroatoms. The van der Waals surface area contributed by atoms with E-state index in [1.54, 1.807) is 6.07 Å². The summed E-state index contributed by atoms with van der Waals surface area (Å²) in [4.78, 5) is 0. The summed E-state index contributed by atoms with van der Waals surface area (Å²) in [5.74, 6) is 0.426. The number of aromatic amines is 1. The fourth-order valence-electron chi connectivity index (χ4n) is 0.210. The van der Waals surface area contributed by atoms with Crippen LogP contribution in [-0.4, -0.2) is 15.4 Å². The SMILES string of the molecule is CC#N.Nc1c[nH]nn1. The van der Waals surface area contributed by atoms with Gasteiger partial charge >= 0.3 is 0 Å². The number of aromatic nitrogens is 3. The second-order valence-corrected chi connectivity index (χ2v) is 1.12. The fourth-order valence-corrected chi connectivity index (χ4v) is 0.210. The molecule has 0 spiro atoms. The summed E-state index contributed by atoms with van der Waals surface area (Å²) in [7, 11) is 0. The van der Waals surface area contributed by atoms with Crippen molar-refractivity contribution in [3.05, 3.63) is 6.20 Å². The van der Waals surface area contributed by atoms with Gasteiger partial charge in [-0.05, 0) is 0 Å². The van der Waals surface area contributed by atoms with E-state index in [1.165, 1.54) is 13.1 Å². The molecule has 1 aromatic rings. The van der Waals surface area contributed by atoms with Crippen LogP contribution in [0.3, 0.4) is 0 Å². The lowest BCUT2D eigenvalue weighted by molar-refractivity contribution is 0.943. The van der Waals surface area contributed by atoms with Gasteiger partial charge in [0.05, 0.1) is 12.3 Å². The van der Waals surface area contributed by atoms with Crippen LogP contribution < -0.4 is 5.73 Å². The van der Waals surface area contributed by atoms with Gasteiger partial charge in [-0.25, -0.2) is 0 Å². The van der Waals surface area contributed by atoms with E-state index in [4.69, 9.17) is 11.0 Å². The van der Waals surface area contributed by atoms with Crippen LogP contribution in [0.4, 0.5) is 5.82 Å². The number of nitrogens with two attached hydrogens (primary N) is 1. The Morgan fingerprint density at radius 3 is 2.56 bits per heavy atom. The van der Waals surface area contributed by atoms with Crippen molar-refractivity contribution in [1.29, 1.82) is 5.26 Å². The maximum Gasteiger partial charge on any atom is 0.165 e. The van der Waals surface area contributed by atoms with Crippen molar-refractivity contribution in [2.24, 2.45) is 0 Å². The van der Waals surface area contributed by atoms with Gasteiger partial charge in [-0.2, -0.15) is 5.26 Å². The van der Waals surface area contributed by atoms with Gasteiger partial charge in [-0.3, -0.25) is 5.10 Å². The zero-order valence-corrected chi connectivity index (χ0v) is 5.00. The predicted octanol–water partition coefficient (Wildman–Crippen LogP) is -0.0832. The Morgan fingerprint density at radius 2 is 2.44 bits per heavy atom. The summed E-state index contributed by atoms with van der Waals surface area (Å²) >= 11 is 0. The lowest BCUT2D eigenvalue weighted by Gasteiger charge is -1.64. The van der Waals surface area contributed by atoms with Crippen molar-refractivity contribution < 1.29 is 0 Å². The molecule has 0 saturated carbocycles. The van der Waals surface area contributed by atoms with Gasteiger partial charge in [0.15, 0.2) is 5.82 Å². The molecule has 0 atom stereocenters. The molecular weight excluding hydrogens is 118 g/mol. The van der Waals surface area contributed by atoms with Crippen LogP contribution in [0.15, 0.2) is 6.20 Å². The second kappa shape index (κ2) is 4.59. The molecule has 9 heavy (non-hydrogen) atoms. The summed E-state index contributed by atoms with van der Waals surface area (Å²) in [5.41, 5.74) is 5.07. The summed E-state index contributed by atoms with van der Waals surface area (Å²) in [6.45, 7) is 1.43. The maximum absolute atomic E-state index is 7.32. The minimum Gasteiger partial charge on any atom is -0.381 e. The van der Waals surface area contributed by atoms with Crippen LogP contribution in [0.5, 0.6) is 0 Å². The molecule has 0 amide bonds. The predicted molar refractivity (Wildman–Crippen MR) is 32.1 cm³/mol. The van der Waals surface area contributed by atoms with Gasteiger partial charge in [0.25, 0.3) is 0 Å². The molecule has 3 N–H and O–H groups in total. The Kier molecular flexibility index (Phi) is 3.79. The summed E-state index contributed by atoms with van der Waals surface area (Å²) in [6, 6.07) is 1.75. The molecule has 48 valence electrons. The Balaban J connectivity index is 0.000000187. The van der Waals surface area contributed by atoms with Crippen molar-refractivity contribution in [1.82, 2.24) is 15.4 Å². The monoisotopic (exact) mass is 125 g/mol. The molecule has 0 aliphatic carbocycles. The van der Waals surface area contributed by atoms with Gasteiger partial charge in [0.1, 0.15) is 0 Å². The number of nitriles is 1. The first-order valence-electron chi connectivity index (χ1n) is 2.24. The second-order valence-electron chi connectivity index (χ2n) is 1.12. The van der Waals surface area contributed by atoms with Crippen molar-refractivity contribution in [2.75, 3.05) is 5.73 Å². The van der Waals surface area contributed by atoms with Gasteiger partial charge in [0.2, 0.25) is 0 Å². The highest BCUT2D eigenvalue weighted by Crippen LogP contribution is 1.81. The third-order valence-corrected chi connectivity index (χ3v) is 0.436. The number of nitrogen functional groups attached to an aromatic ring is 1. The minimum absolute atomic E-state index is 0.426. The molecule has 0 aliphatic heterocycles. The highest BCUT2D eigenvalue weighted by molar-refractivity contribution is 5.18. The van der Waals surface area contributed by atoms with E-state index in [2.05, 4.69) is 15.4 Å². The van der Waals surface area contributed by atoms with Gasteiger partial charge < -0.3 is 5.73 Å². The first-order chi connectivity index (χ1) is 4.31. The van der Waals surface area contributed by atoms with Crippen LogP contribution >= 0.6 is 0 Å². The van der Waals surface area contributed by atoms with Crippen LogP contribution in [0.25, 0.3) is 0 Å². The lowest BCUT2D eigenvalue weighted by Crippen LogP contribution is -1.81. The number of anilines is 1. The van der Waals surface area contributed by atoms with Crippen molar-refractivity contribution >= 4 is 5.82 Å². The Labute approximate surface area is 52.5 Å². The Bertz CT molecular complexity index is 171. The number of rotatable bonds is 0. The zero-order chi connectivity index (χ0) is 7.11. The van der Waals surface area contributed by atoms with E-state index >= 15 is 0 Å². The average Bonchev–Trinajstić information content (AvgIpc) is 2.20. The quantitative estimate of drug-likeness (QED) is 0.507. The van der Waals surface area contributed by atoms with Crippen LogP contribution in [-0.2, 0) is 0 Å². The van der Waals surface area contributed by atoms with Crippen LogP contribution in [0, 0.1) is 11.3 Å². The molecule has 0 bridgehead atoms. The molecule has 0 fully saturated rings. The maximum atomic E-state index is 7.32. The van der Waals surface area contributed by atoms with E-state index in [9.17, 15) is 0 Å². The first kappa shape index (κ1) is 7.43. The molecule has 1 heterocycles. The molecule has 1 rings (SSSR count). The molecule has 0 unspecified atom stereocenters. The van der Waals surface area contributed by atoms with Crippen LogP contribution in [0.2, 0.25) is 0 Å². The largest absolute Gasteiger partial charge is 0.381 e. The number of nitrogens with zero attached hydrogens (tertiary/aromatic N) is 3. The molecule has 0 aliphatic rings. The fraction of sp³-hybridized carbons (Fsp3) is 0.250. The van der Waals surface area contributed by atoms with E-state index < -0.39 is 0 Å². The highest BCUT2D eigenvalue weighted by Gasteiger charge is 1.76. The van der Waals surface area contributed by atoms with E-state index in [1.807, 2.05) is 0 Å². The highest BCUT2D eigenvalue weighted by atomic mass is 15.3. The van der Waals surface area contributed by atoms with Gasteiger partial charge in [-0.15, -0.1) is 5.10 Å². The molecule has 0 radical (unpaired) electrons. The average molecular weight is 125 g/mol. The molecule has 0 aromatic carbocycles. The van der Waals surface area contributed by atoms with Crippen molar-refractivity contribution in [3.8, 4) is 6.07 Å². The van der Waals surface area contributed by atoms with Gasteiger partial charge in [0, 0.05) is 6.92 Å². The number of hydrogen-bond acceptors (Lipinski definition) is 4. The van der Waals surface area contributed by atoms with Crippen LogP contribution in [0.1, 0.15) is 6.92 Å².